The molecule has 1 aromatic heterocycles. The number of amides is 2. The average molecular weight is 548 g/mol. The highest BCUT2D eigenvalue weighted by molar-refractivity contribution is 6.30. The van der Waals surface area contributed by atoms with E-state index in [1.165, 1.54) is 6.42 Å². The third-order valence-corrected chi connectivity index (χ3v) is 8.09. The van der Waals surface area contributed by atoms with Crippen molar-refractivity contribution in [1.82, 2.24) is 9.88 Å². The maximum Gasteiger partial charge on any atom is 0.224 e. The number of halogens is 1. The van der Waals surface area contributed by atoms with Crippen LogP contribution in [-0.4, -0.2) is 61.0 Å². The number of pyridine rings is 1. The lowest BCUT2D eigenvalue weighted by Crippen LogP contribution is -2.48. The Kier molecular flexibility index (Phi) is 8.26. The number of nitrogens with one attached hydrogen (secondary N) is 1. The number of hydrogen-bond donors (Lipinski definition) is 1. The zero-order chi connectivity index (χ0) is 27.5. The Hall–Kier alpha value is -3.32. The van der Waals surface area contributed by atoms with E-state index < -0.39 is 0 Å². The van der Waals surface area contributed by atoms with Gasteiger partial charge in [0.1, 0.15) is 5.82 Å². The maximum absolute atomic E-state index is 12.8. The second-order valence-electron chi connectivity index (χ2n) is 11.3. The second kappa shape index (κ2) is 11.8. The molecule has 7 nitrogen and oxygen atoms in total. The van der Waals surface area contributed by atoms with Gasteiger partial charge in [-0.1, -0.05) is 31.5 Å². The van der Waals surface area contributed by atoms with E-state index in [4.69, 9.17) is 16.6 Å². The van der Waals surface area contributed by atoms with Gasteiger partial charge in [0.2, 0.25) is 11.8 Å². The van der Waals surface area contributed by atoms with Gasteiger partial charge in [0, 0.05) is 73.9 Å². The molecule has 0 bridgehead atoms. The van der Waals surface area contributed by atoms with E-state index in [1.807, 2.05) is 47.4 Å². The molecule has 206 valence electrons. The van der Waals surface area contributed by atoms with Crippen LogP contribution in [0.25, 0.3) is 10.9 Å². The first-order valence-corrected chi connectivity index (χ1v) is 14.4. The van der Waals surface area contributed by atoms with Crippen molar-refractivity contribution in [3.8, 4) is 0 Å². The number of carbonyl (C=O) groups is 2. The summed E-state index contributed by atoms with van der Waals surface area (Å²) < 4.78 is 0. The molecule has 3 heterocycles. The second-order valence-corrected chi connectivity index (χ2v) is 11.7. The predicted molar refractivity (Wildman–Crippen MR) is 160 cm³/mol. The Labute approximate surface area is 236 Å². The molecule has 2 saturated heterocycles. The molecule has 3 aromatic rings. The van der Waals surface area contributed by atoms with Crippen LogP contribution in [-0.2, 0) is 9.59 Å². The smallest absolute Gasteiger partial charge is 0.224 e. The third kappa shape index (κ3) is 6.64. The van der Waals surface area contributed by atoms with Gasteiger partial charge < -0.3 is 20.0 Å². The molecule has 8 heteroatoms. The van der Waals surface area contributed by atoms with E-state index in [-0.39, 0.29) is 24.7 Å². The van der Waals surface area contributed by atoms with Gasteiger partial charge in [-0.05, 0) is 73.2 Å². The van der Waals surface area contributed by atoms with E-state index >= 15 is 0 Å². The number of fused-ring (bicyclic) bond motifs is 1. The van der Waals surface area contributed by atoms with Crippen LogP contribution in [0.3, 0.4) is 0 Å². The first kappa shape index (κ1) is 27.3. The Balaban J connectivity index is 1.14. The molecular weight excluding hydrogens is 510 g/mol. The lowest BCUT2D eigenvalue weighted by atomic mass is 9.92. The summed E-state index contributed by atoms with van der Waals surface area (Å²) in [5, 5.41) is 4.71. The van der Waals surface area contributed by atoms with Crippen LogP contribution < -0.4 is 15.1 Å². The zero-order valence-corrected chi connectivity index (χ0v) is 23.9. The Bertz CT molecular complexity index is 1340. The van der Waals surface area contributed by atoms with Crippen LogP contribution in [0.1, 0.15) is 38.7 Å². The Morgan fingerprint density at radius 3 is 2.41 bits per heavy atom. The fourth-order valence-corrected chi connectivity index (χ4v) is 6.14. The highest BCUT2D eigenvalue weighted by atomic mass is 35.5. The number of benzene rings is 2. The maximum atomic E-state index is 12.8. The molecule has 2 amide bonds. The van der Waals surface area contributed by atoms with Crippen LogP contribution >= 0.6 is 11.6 Å². The first-order chi connectivity index (χ1) is 18.7. The third-order valence-electron chi connectivity index (χ3n) is 7.85. The summed E-state index contributed by atoms with van der Waals surface area (Å²) in [4.78, 5) is 36.9. The molecule has 0 aliphatic carbocycles. The molecule has 1 N–H and O–H groups in total. The van der Waals surface area contributed by atoms with Gasteiger partial charge in [0.15, 0.2) is 0 Å². The fraction of sp³-hybridized carbons (Fsp3) is 0.452. The molecule has 2 atom stereocenters. The molecule has 0 spiro atoms. The molecular formula is C31H38ClN5O2. The number of piperidine rings is 1. The summed E-state index contributed by atoms with van der Waals surface area (Å²) in [5.74, 6) is 2.22. The predicted octanol–water partition coefficient (Wildman–Crippen LogP) is 5.75. The average Bonchev–Trinajstić information content (AvgIpc) is 2.91. The molecule has 0 unspecified atom stereocenters. The van der Waals surface area contributed by atoms with Crippen molar-refractivity contribution in [3.63, 3.8) is 0 Å². The van der Waals surface area contributed by atoms with Crippen molar-refractivity contribution in [2.24, 2.45) is 11.8 Å². The number of aryl methyl sites for hydroxylation is 1. The van der Waals surface area contributed by atoms with E-state index in [0.29, 0.717) is 29.9 Å². The zero-order valence-electron chi connectivity index (χ0n) is 23.1. The van der Waals surface area contributed by atoms with Gasteiger partial charge in [0.05, 0.1) is 5.52 Å². The number of hydrogen-bond acceptors (Lipinski definition) is 5. The summed E-state index contributed by atoms with van der Waals surface area (Å²) in [6.45, 7) is 11.6. The molecule has 2 fully saturated rings. The molecule has 2 aliphatic heterocycles. The summed E-state index contributed by atoms with van der Waals surface area (Å²) in [7, 11) is 0. The van der Waals surface area contributed by atoms with Crippen LogP contribution in [0.15, 0.2) is 48.5 Å². The van der Waals surface area contributed by atoms with Crippen molar-refractivity contribution in [2.45, 2.75) is 40.0 Å². The SMILES string of the molecule is Cc1cc(N2C[C@H](C)C[C@@H](C)C2)nc2ccc(NC(=O)CCC(=O)N3CCN(c4cccc(Cl)c4)CC3)cc12. The summed E-state index contributed by atoms with van der Waals surface area (Å²) in [6.07, 6.45) is 1.62. The van der Waals surface area contributed by atoms with E-state index in [2.05, 4.69) is 42.0 Å². The monoisotopic (exact) mass is 547 g/mol. The Morgan fingerprint density at radius 1 is 0.949 bits per heavy atom. The molecule has 5 rings (SSSR count). The number of nitrogens with zero attached hydrogens (tertiary/aromatic N) is 4. The largest absolute Gasteiger partial charge is 0.368 e. The Morgan fingerprint density at radius 2 is 1.69 bits per heavy atom. The number of piperazine rings is 1. The molecule has 2 aliphatic rings. The van der Waals surface area contributed by atoms with Crippen LogP contribution in [0.4, 0.5) is 17.2 Å². The summed E-state index contributed by atoms with van der Waals surface area (Å²) in [5.41, 5.74) is 3.87. The minimum absolute atomic E-state index is 0.0170. The van der Waals surface area contributed by atoms with Gasteiger partial charge in [-0.15, -0.1) is 0 Å². The lowest BCUT2D eigenvalue weighted by Gasteiger charge is -2.36. The van der Waals surface area contributed by atoms with Gasteiger partial charge in [-0.25, -0.2) is 4.98 Å². The molecule has 39 heavy (non-hydrogen) atoms. The van der Waals surface area contributed by atoms with Crippen molar-refractivity contribution in [3.05, 3.63) is 59.1 Å². The summed E-state index contributed by atoms with van der Waals surface area (Å²) >= 11 is 6.12. The highest BCUT2D eigenvalue weighted by Gasteiger charge is 2.24. The van der Waals surface area contributed by atoms with Gasteiger partial charge in [0.25, 0.3) is 0 Å². The standard InChI is InChI=1S/C31H38ClN5O2/c1-21-15-22(2)20-37(19-21)29-16-23(3)27-18-25(7-8-28(27)34-29)33-30(38)9-10-31(39)36-13-11-35(12-14-36)26-6-4-5-24(32)17-26/h4-8,16-18,21-22H,9-15,19-20H2,1-3H3,(H,33,38)/t21-,22-/m1/s1. The number of aromatic nitrogens is 1. The van der Waals surface area contributed by atoms with Crippen molar-refractivity contribution >= 4 is 51.5 Å². The molecule has 0 radical (unpaired) electrons. The molecule has 2 aromatic carbocycles. The number of anilines is 3. The van der Waals surface area contributed by atoms with Gasteiger partial charge in [-0.2, -0.15) is 0 Å². The minimum atomic E-state index is -0.154. The van der Waals surface area contributed by atoms with E-state index in [9.17, 15) is 9.59 Å². The topological polar surface area (TPSA) is 68.8 Å². The van der Waals surface area contributed by atoms with E-state index in [0.717, 1.165) is 59.8 Å². The van der Waals surface area contributed by atoms with Crippen molar-refractivity contribution in [2.75, 3.05) is 54.4 Å². The molecule has 0 saturated carbocycles. The lowest BCUT2D eigenvalue weighted by molar-refractivity contribution is -0.133. The van der Waals surface area contributed by atoms with Crippen LogP contribution in [0, 0.1) is 18.8 Å². The highest BCUT2D eigenvalue weighted by Crippen LogP contribution is 2.29. The van der Waals surface area contributed by atoms with Crippen LogP contribution in [0.2, 0.25) is 5.02 Å². The summed E-state index contributed by atoms with van der Waals surface area (Å²) in [6, 6.07) is 15.8. The van der Waals surface area contributed by atoms with Gasteiger partial charge >= 0.3 is 0 Å². The van der Waals surface area contributed by atoms with Crippen molar-refractivity contribution < 1.29 is 9.59 Å². The normalized spacial score (nSPS) is 19.8. The van der Waals surface area contributed by atoms with E-state index in [1.54, 1.807) is 0 Å². The van der Waals surface area contributed by atoms with Crippen molar-refractivity contribution in [1.29, 1.82) is 0 Å². The fourth-order valence-electron chi connectivity index (χ4n) is 5.96. The number of carbonyl (C=O) groups excluding carboxylic acids is 2. The number of rotatable bonds is 6. The van der Waals surface area contributed by atoms with Gasteiger partial charge in [-0.3, -0.25) is 9.59 Å². The first-order valence-electron chi connectivity index (χ1n) is 14.0. The quantitative estimate of drug-likeness (QED) is 0.426. The van der Waals surface area contributed by atoms with Crippen LogP contribution in [0.5, 0.6) is 0 Å². The minimum Gasteiger partial charge on any atom is -0.368 e.